The fourth-order valence-corrected chi connectivity index (χ4v) is 4.24. The molecule has 0 aliphatic heterocycles. The van der Waals surface area contributed by atoms with Crippen LogP contribution < -0.4 is 33.2 Å². The second-order valence-electron chi connectivity index (χ2n) is 9.60. The number of aliphatic carboxylic acids is 1. The number of rotatable bonds is 16. The maximum absolute atomic E-state index is 13.2. The monoisotopic (exact) mass is 584 g/mol. The number of nitrogens with two attached hydrogens (primary N) is 3. The van der Waals surface area contributed by atoms with Crippen LogP contribution in [0.5, 0.6) is 0 Å². The Hall–Kier alpha value is -4.96. The van der Waals surface area contributed by atoms with Crippen LogP contribution in [-0.4, -0.2) is 92.1 Å². The van der Waals surface area contributed by atoms with E-state index in [1.54, 1.807) is 6.20 Å². The predicted molar refractivity (Wildman–Crippen MR) is 153 cm³/mol. The number of nitrogens with zero attached hydrogens (tertiary/aromatic N) is 2. The van der Waals surface area contributed by atoms with E-state index in [4.69, 9.17) is 17.2 Å². The Morgan fingerprint density at radius 2 is 1.64 bits per heavy atom. The number of hydrogen-bond acceptors (Lipinski definition) is 8. The summed E-state index contributed by atoms with van der Waals surface area (Å²) in [5, 5.41) is 27.7. The molecule has 226 valence electrons. The highest BCUT2D eigenvalue weighted by atomic mass is 16.4. The zero-order valence-electron chi connectivity index (χ0n) is 22.7. The maximum Gasteiger partial charge on any atom is 0.326 e. The number of carbonyl (C=O) groups excluding carboxylic acids is 3. The van der Waals surface area contributed by atoms with Gasteiger partial charge in [-0.1, -0.05) is 18.2 Å². The second kappa shape index (κ2) is 15.2. The van der Waals surface area contributed by atoms with Crippen LogP contribution in [0.2, 0.25) is 0 Å². The number of aliphatic hydroxyl groups is 1. The lowest BCUT2D eigenvalue weighted by Crippen LogP contribution is -2.58. The van der Waals surface area contributed by atoms with Gasteiger partial charge < -0.3 is 53.3 Å². The van der Waals surface area contributed by atoms with Crippen LogP contribution >= 0.6 is 0 Å². The molecule has 2 heterocycles. The molecule has 3 aromatic rings. The molecule has 0 saturated heterocycles. The summed E-state index contributed by atoms with van der Waals surface area (Å²) in [7, 11) is 0. The summed E-state index contributed by atoms with van der Waals surface area (Å²) in [6.07, 6.45) is 5.05. The van der Waals surface area contributed by atoms with Gasteiger partial charge in [-0.25, -0.2) is 9.78 Å². The van der Waals surface area contributed by atoms with Crippen LogP contribution in [0, 0.1) is 0 Å². The van der Waals surface area contributed by atoms with Crippen LogP contribution in [0.4, 0.5) is 0 Å². The van der Waals surface area contributed by atoms with E-state index < -0.39 is 54.5 Å². The molecular formula is C26H36N10O6. The molecule has 0 fully saturated rings. The molecule has 2 aromatic heterocycles. The Labute approximate surface area is 240 Å². The number of aliphatic imine (C=N–C) groups is 1. The first-order valence-corrected chi connectivity index (χ1v) is 13.2. The Bertz CT molecular complexity index is 1390. The van der Waals surface area contributed by atoms with Crippen LogP contribution in [0.3, 0.4) is 0 Å². The number of aromatic amines is 2. The summed E-state index contributed by atoms with van der Waals surface area (Å²) in [6.45, 7) is -0.661. The molecular weight excluding hydrogens is 548 g/mol. The average molecular weight is 585 g/mol. The summed E-state index contributed by atoms with van der Waals surface area (Å²) in [5.74, 6) is -3.78. The molecule has 4 unspecified atom stereocenters. The Morgan fingerprint density at radius 3 is 2.31 bits per heavy atom. The molecule has 0 aliphatic rings. The van der Waals surface area contributed by atoms with Gasteiger partial charge in [-0.05, 0) is 24.5 Å². The third-order valence-corrected chi connectivity index (χ3v) is 6.44. The van der Waals surface area contributed by atoms with E-state index in [2.05, 4.69) is 35.9 Å². The van der Waals surface area contributed by atoms with Gasteiger partial charge in [-0.3, -0.25) is 19.4 Å². The Balaban J connectivity index is 1.66. The van der Waals surface area contributed by atoms with Gasteiger partial charge in [0.2, 0.25) is 17.7 Å². The maximum atomic E-state index is 13.2. The van der Waals surface area contributed by atoms with Crippen LogP contribution in [0.1, 0.15) is 24.1 Å². The van der Waals surface area contributed by atoms with Crippen LogP contribution in [0.15, 0.2) is 48.0 Å². The summed E-state index contributed by atoms with van der Waals surface area (Å²) >= 11 is 0. The van der Waals surface area contributed by atoms with Crippen molar-refractivity contribution in [1.29, 1.82) is 0 Å². The molecule has 0 spiro atoms. The van der Waals surface area contributed by atoms with Crippen molar-refractivity contribution in [2.45, 2.75) is 49.9 Å². The number of carbonyl (C=O) groups is 4. The van der Waals surface area contributed by atoms with Crippen LogP contribution in [0.25, 0.3) is 10.9 Å². The van der Waals surface area contributed by atoms with E-state index in [9.17, 15) is 29.4 Å². The lowest BCUT2D eigenvalue weighted by molar-refractivity contribution is -0.142. The van der Waals surface area contributed by atoms with E-state index in [0.717, 1.165) is 10.9 Å². The van der Waals surface area contributed by atoms with Crippen molar-refractivity contribution in [3.05, 3.63) is 54.2 Å². The normalized spacial score (nSPS) is 13.9. The number of para-hydroxylation sites is 1. The molecule has 3 amide bonds. The number of nitrogens with one attached hydrogen (secondary N) is 5. The number of hydrogen-bond donors (Lipinski definition) is 10. The molecule has 42 heavy (non-hydrogen) atoms. The van der Waals surface area contributed by atoms with Crippen molar-refractivity contribution in [3.63, 3.8) is 0 Å². The largest absolute Gasteiger partial charge is 0.480 e. The van der Waals surface area contributed by atoms with Gasteiger partial charge >= 0.3 is 5.97 Å². The third kappa shape index (κ3) is 9.03. The zero-order chi connectivity index (χ0) is 30.6. The number of imidazole rings is 1. The van der Waals surface area contributed by atoms with E-state index >= 15 is 0 Å². The van der Waals surface area contributed by atoms with Crippen molar-refractivity contribution >= 4 is 40.6 Å². The molecule has 0 radical (unpaired) electrons. The molecule has 13 N–H and O–H groups in total. The molecule has 3 rings (SSSR count). The summed E-state index contributed by atoms with van der Waals surface area (Å²) < 4.78 is 0. The van der Waals surface area contributed by atoms with Gasteiger partial charge in [-0.15, -0.1) is 0 Å². The van der Waals surface area contributed by atoms with Gasteiger partial charge in [0.1, 0.15) is 18.1 Å². The lowest BCUT2D eigenvalue weighted by Gasteiger charge is -2.24. The number of aromatic nitrogens is 3. The minimum Gasteiger partial charge on any atom is -0.480 e. The number of guanidine groups is 1. The van der Waals surface area contributed by atoms with Gasteiger partial charge in [0.25, 0.3) is 0 Å². The number of H-pyrrole nitrogens is 2. The molecule has 0 saturated carbocycles. The van der Waals surface area contributed by atoms with Gasteiger partial charge in [-0.2, -0.15) is 0 Å². The SMILES string of the molecule is NC(N)=NCCCC(NC(=O)C(N)Cc1cnc[nH]1)C(=O)NC(CO)C(=O)NC(Cc1c[nH]c2ccccc12)C(=O)O. The number of amides is 3. The molecule has 0 bridgehead atoms. The van der Waals surface area contributed by atoms with Gasteiger partial charge in [0.15, 0.2) is 5.96 Å². The lowest BCUT2D eigenvalue weighted by atomic mass is 10.0. The minimum absolute atomic E-state index is 0.0468. The quantitative estimate of drug-likeness (QED) is 0.0483. The molecule has 16 heteroatoms. The molecule has 1 aromatic carbocycles. The Morgan fingerprint density at radius 1 is 0.952 bits per heavy atom. The highest BCUT2D eigenvalue weighted by Gasteiger charge is 2.30. The van der Waals surface area contributed by atoms with Gasteiger partial charge in [0, 0.05) is 48.4 Å². The summed E-state index contributed by atoms with van der Waals surface area (Å²) in [6, 6.07) is 2.26. The van der Waals surface area contributed by atoms with Crippen LogP contribution in [-0.2, 0) is 32.0 Å². The molecule has 0 aliphatic carbocycles. The highest BCUT2D eigenvalue weighted by Crippen LogP contribution is 2.19. The summed E-state index contributed by atoms with van der Waals surface area (Å²) in [5.41, 5.74) is 18.8. The van der Waals surface area contributed by atoms with Crippen molar-refractivity contribution in [2.24, 2.45) is 22.2 Å². The van der Waals surface area contributed by atoms with E-state index in [1.807, 2.05) is 24.3 Å². The smallest absolute Gasteiger partial charge is 0.326 e. The van der Waals surface area contributed by atoms with Crippen molar-refractivity contribution in [1.82, 2.24) is 30.9 Å². The van der Waals surface area contributed by atoms with Crippen molar-refractivity contribution in [3.8, 4) is 0 Å². The number of aliphatic hydroxyl groups excluding tert-OH is 1. The average Bonchev–Trinajstić information content (AvgIpc) is 3.62. The number of fused-ring (bicyclic) bond motifs is 1. The highest BCUT2D eigenvalue weighted by molar-refractivity contribution is 5.94. The topological polar surface area (TPSA) is 280 Å². The van der Waals surface area contributed by atoms with Crippen molar-refractivity contribution in [2.75, 3.05) is 13.2 Å². The molecule has 16 nitrogen and oxygen atoms in total. The first-order chi connectivity index (χ1) is 20.1. The predicted octanol–water partition coefficient (Wildman–Crippen LogP) is -2.41. The minimum atomic E-state index is -1.50. The van der Waals surface area contributed by atoms with Gasteiger partial charge in [0.05, 0.1) is 19.0 Å². The number of carboxylic acid groups (broad SMARTS) is 1. The fraction of sp³-hybridized carbons (Fsp3) is 0.385. The Kier molecular flexibility index (Phi) is 11.4. The van der Waals surface area contributed by atoms with E-state index in [1.165, 1.54) is 12.5 Å². The fourth-order valence-electron chi connectivity index (χ4n) is 4.24. The number of carboxylic acids is 1. The first kappa shape index (κ1) is 31.6. The standard InChI is InChI=1S/C26H36N10O6/c27-17(9-15-11-30-13-33-15)22(38)34-19(6-3-7-31-26(28)29)23(39)36-21(12-37)24(40)35-20(25(41)42)8-14-10-32-18-5-2-1-4-16(14)18/h1-2,4-5,10-11,13,17,19-21,32,37H,3,6-9,12,27H2,(H,30,33)(H,34,38)(H,35,40)(H,36,39)(H,41,42)(H4,28,29,31). The van der Waals surface area contributed by atoms with E-state index in [-0.39, 0.29) is 38.2 Å². The first-order valence-electron chi connectivity index (χ1n) is 13.2. The number of benzene rings is 1. The van der Waals surface area contributed by atoms with E-state index in [0.29, 0.717) is 11.3 Å². The van der Waals surface area contributed by atoms with Crippen molar-refractivity contribution < 1.29 is 29.4 Å². The summed E-state index contributed by atoms with van der Waals surface area (Å²) in [4.78, 5) is 64.5. The zero-order valence-corrected chi connectivity index (χ0v) is 22.7. The second-order valence-corrected chi connectivity index (χ2v) is 9.60. The third-order valence-electron chi connectivity index (χ3n) is 6.44. The molecule has 4 atom stereocenters.